The maximum absolute atomic E-state index is 14.3. The first kappa shape index (κ1) is 23.6. The summed E-state index contributed by atoms with van der Waals surface area (Å²) in [5, 5.41) is 14.3. The van der Waals surface area contributed by atoms with Gasteiger partial charge in [0.2, 0.25) is 10.0 Å². The molecular formula is C22H24ClFN4O4S. The topological polar surface area (TPSA) is 102 Å². The van der Waals surface area contributed by atoms with Crippen LogP contribution < -0.4 is 5.43 Å². The number of rotatable bonds is 4. The monoisotopic (exact) mass is 494 g/mol. The summed E-state index contributed by atoms with van der Waals surface area (Å²) in [6.07, 6.45) is 0.304. The number of benzene rings is 2. The van der Waals surface area contributed by atoms with E-state index in [0.717, 1.165) is 6.07 Å². The second-order valence-corrected chi connectivity index (χ2v) is 10.7. The highest BCUT2D eigenvalue weighted by atomic mass is 35.5. The molecule has 0 spiro atoms. The van der Waals surface area contributed by atoms with Crippen molar-refractivity contribution >= 4 is 33.2 Å². The summed E-state index contributed by atoms with van der Waals surface area (Å²) in [7, 11) is -1.80. The largest absolute Gasteiger partial charge is 0.506 e. The van der Waals surface area contributed by atoms with E-state index in [1.165, 1.54) is 28.6 Å². The standard InChI is InChI=1S/C22H24ClFN4O4S/c1-13-10-18(20-19(13)17(24)12-16(23)21(20)29)25-26-22(30)14-4-3-5-15(11-14)33(31,32)28-8-6-27(2)7-9-28/h3-5,11-13,29H,6-10H2,1-2H3,(H,26,30)/b25-18+. The van der Waals surface area contributed by atoms with Crippen molar-refractivity contribution in [3.63, 3.8) is 0 Å². The van der Waals surface area contributed by atoms with E-state index in [0.29, 0.717) is 43.9 Å². The second kappa shape index (κ2) is 9.02. The molecule has 0 bridgehead atoms. The Balaban J connectivity index is 1.56. The smallest absolute Gasteiger partial charge is 0.271 e. The van der Waals surface area contributed by atoms with Crippen LogP contribution in [-0.4, -0.2) is 67.6 Å². The Morgan fingerprint density at radius 3 is 2.64 bits per heavy atom. The van der Waals surface area contributed by atoms with E-state index in [-0.39, 0.29) is 32.7 Å². The van der Waals surface area contributed by atoms with E-state index < -0.39 is 21.7 Å². The normalized spacial score (nSPS) is 20.7. The number of hydrogen-bond donors (Lipinski definition) is 2. The third kappa shape index (κ3) is 4.48. The number of carbonyl (C=O) groups is 1. The third-order valence-electron chi connectivity index (χ3n) is 6.01. The molecule has 2 aromatic rings. The van der Waals surface area contributed by atoms with Gasteiger partial charge in [0.05, 0.1) is 15.6 Å². The van der Waals surface area contributed by atoms with Gasteiger partial charge in [-0.1, -0.05) is 24.6 Å². The van der Waals surface area contributed by atoms with Crippen LogP contribution in [0.5, 0.6) is 5.75 Å². The van der Waals surface area contributed by atoms with E-state index in [2.05, 4.69) is 10.5 Å². The number of sulfonamides is 1. The van der Waals surface area contributed by atoms with Crippen molar-refractivity contribution in [3.05, 3.63) is 57.9 Å². The quantitative estimate of drug-likeness (QED) is 0.636. The molecule has 4 rings (SSSR count). The van der Waals surface area contributed by atoms with Crippen molar-refractivity contribution in [1.82, 2.24) is 14.6 Å². The summed E-state index contributed by atoms with van der Waals surface area (Å²) in [5.41, 5.74) is 3.28. The Morgan fingerprint density at radius 1 is 1.24 bits per heavy atom. The second-order valence-electron chi connectivity index (χ2n) is 8.32. The van der Waals surface area contributed by atoms with Crippen LogP contribution in [0.1, 0.15) is 40.7 Å². The molecule has 176 valence electrons. The van der Waals surface area contributed by atoms with Gasteiger partial charge in [0.1, 0.15) is 11.6 Å². The number of nitrogens with zero attached hydrogens (tertiary/aromatic N) is 3. The van der Waals surface area contributed by atoms with Crippen molar-refractivity contribution in [2.45, 2.75) is 24.2 Å². The zero-order valence-corrected chi connectivity index (χ0v) is 19.7. The Kier molecular flexibility index (Phi) is 6.45. The maximum Gasteiger partial charge on any atom is 0.271 e. The highest BCUT2D eigenvalue weighted by Gasteiger charge is 2.32. The van der Waals surface area contributed by atoms with Crippen molar-refractivity contribution in [2.24, 2.45) is 5.10 Å². The number of phenols is 1. The summed E-state index contributed by atoms with van der Waals surface area (Å²) >= 11 is 5.91. The van der Waals surface area contributed by atoms with Crippen LogP contribution >= 0.6 is 11.6 Å². The summed E-state index contributed by atoms with van der Waals surface area (Å²) in [6, 6.07) is 6.80. The van der Waals surface area contributed by atoms with Gasteiger partial charge in [0, 0.05) is 42.9 Å². The third-order valence-corrected chi connectivity index (χ3v) is 8.20. The number of amides is 1. The molecular weight excluding hydrogens is 471 g/mol. The van der Waals surface area contributed by atoms with E-state index >= 15 is 0 Å². The molecule has 11 heteroatoms. The SMILES string of the molecule is CC1C/C(=N\NC(=O)c2cccc(S(=O)(=O)N3CCN(C)CC3)c2)c2c(O)c(Cl)cc(F)c21. The number of carbonyl (C=O) groups excluding carboxylic acids is 1. The molecule has 2 aromatic carbocycles. The molecule has 0 radical (unpaired) electrons. The maximum atomic E-state index is 14.3. The molecule has 0 aromatic heterocycles. The van der Waals surface area contributed by atoms with E-state index in [9.17, 15) is 22.7 Å². The molecule has 2 aliphatic rings. The molecule has 1 atom stereocenters. The fraction of sp³-hybridized carbons (Fsp3) is 0.364. The van der Waals surface area contributed by atoms with Crippen LogP contribution in [0.2, 0.25) is 5.02 Å². The van der Waals surface area contributed by atoms with E-state index in [1.807, 2.05) is 11.9 Å². The van der Waals surface area contributed by atoms with E-state index in [1.54, 1.807) is 6.92 Å². The molecule has 2 N–H and O–H groups in total. The van der Waals surface area contributed by atoms with Gasteiger partial charge >= 0.3 is 0 Å². The number of likely N-dealkylation sites (N-methyl/N-ethyl adjacent to an activating group) is 1. The molecule has 1 aliphatic carbocycles. The number of nitrogens with one attached hydrogen (secondary N) is 1. The number of phenolic OH excluding ortho intramolecular Hbond substituents is 1. The molecule has 33 heavy (non-hydrogen) atoms. The highest BCUT2D eigenvalue weighted by Crippen LogP contribution is 2.43. The molecule has 1 amide bonds. The first-order chi connectivity index (χ1) is 15.6. The summed E-state index contributed by atoms with van der Waals surface area (Å²) in [5.74, 6) is -1.71. The Bertz CT molecular complexity index is 1240. The highest BCUT2D eigenvalue weighted by molar-refractivity contribution is 7.89. The zero-order chi connectivity index (χ0) is 23.9. The predicted molar refractivity (Wildman–Crippen MR) is 123 cm³/mol. The van der Waals surface area contributed by atoms with Crippen molar-refractivity contribution in [3.8, 4) is 5.75 Å². The van der Waals surface area contributed by atoms with Gasteiger partial charge in [-0.15, -0.1) is 0 Å². The Labute approximate surface area is 196 Å². The molecule has 1 aliphatic heterocycles. The molecule has 1 heterocycles. The minimum atomic E-state index is -3.73. The van der Waals surface area contributed by atoms with Gasteiger partial charge in [-0.05, 0) is 43.7 Å². The van der Waals surface area contributed by atoms with Crippen molar-refractivity contribution in [1.29, 1.82) is 0 Å². The fourth-order valence-electron chi connectivity index (χ4n) is 4.15. The first-order valence-electron chi connectivity index (χ1n) is 10.5. The summed E-state index contributed by atoms with van der Waals surface area (Å²) in [6.45, 7) is 3.81. The van der Waals surface area contributed by atoms with Gasteiger partial charge in [-0.2, -0.15) is 9.41 Å². The zero-order valence-electron chi connectivity index (χ0n) is 18.2. The van der Waals surface area contributed by atoms with E-state index in [4.69, 9.17) is 11.6 Å². The van der Waals surface area contributed by atoms with Gasteiger partial charge in [-0.3, -0.25) is 4.79 Å². The summed E-state index contributed by atoms with van der Waals surface area (Å²) < 4.78 is 41.7. The van der Waals surface area contributed by atoms with Crippen LogP contribution in [0.4, 0.5) is 4.39 Å². The molecule has 1 unspecified atom stereocenters. The van der Waals surface area contributed by atoms with Crippen LogP contribution in [0, 0.1) is 5.82 Å². The summed E-state index contributed by atoms with van der Waals surface area (Å²) in [4.78, 5) is 14.8. The molecule has 1 saturated heterocycles. The Morgan fingerprint density at radius 2 is 1.94 bits per heavy atom. The lowest BCUT2D eigenvalue weighted by molar-refractivity contribution is 0.0954. The number of hydrogen-bond acceptors (Lipinski definition) is 6. The fourth-order valence-corrected chi connectivity index (χ4v) is 5.81. The number of hydrazone groups is 1. The number of halogens is 2. The van der Waals surface area contributed by atoms with Gasteiger partial charge in [0.25, 0.3) is 5.91 Å². The minimum Gasteiger partial charge on any atom is -0.506 e. The lowest BCUT2D eigenvalue weighted by Crippen LogP contribution is -2.47. The lowest BCUT2D eigenvalue weighted by Gasteiger charge is -2.31. The van der Waals surface area contributed by atoms with Crippen LogP contribution in [0.25, 0.3) is 0 Å². The first-order valence-corrected chi connectivity index (χ1v) is 12.3. The van der Waals surface area contributed by atoms with Crippen molar-refractivity contribution < 1.29 is 22.7 Å². The Hall–Kier alpha value is -2.53. The van der Waals surface area contributed by atoms with Crippen LogP contribution in [0.15, 0.2) is 40.3 Å². The number of aromatic hydroxyl groups is 1. The number of fused-ring (bicyclic) bond motifs is 1. The number of piperazine rings is 1. The molecule has 1 fully saturated rings. The minimum absolute atomic E-state index is 0.0266. The lowest BCUT2D eigenvalue weighted by atomic mass is 10.0. The van der Waals surface area contributed by atoms with Gasteiger partial charge in [0.15, 0.2) is 0 Å². The van der Waals surface area contributed by atoms with Gasteiger partial charge < -0.3 is 10.0 Å². The average molecular weight is 495 g/mol. The van der Waals surface area contributed by atoms with Crippen LogP contribution in [-0.2, 0) is 10.0 Å². The predicted octanol–water partition coefficient (Wildman–Crippen LogP) is 2.76. The molecule has 0 saturated carbocycles. The van der Waals surface area contributed by atoms with Crippen molar-refractivity contribution in [2.75, 3.05) is 33.2 Å². The molecule has 8 nitrogen and oxygen atoms in total. The average Bonchev–Trinajstić information content (AvgIpc) is 3.13. The van der Waals surface area contributed by atoms with Gasteiger partial charge in [-0.25, -0.2) is 18.2 Å². The van der Waals surface area contributed by atoms with Crippen LogP contribution in [0.3, 0.4) is 0 Å².